The highest BCUT2D eigenvalue weighted by Crippen LogP contribution is 2.27. The molecule has 1 aromatic carbocycles. The second-order valence-electron chi connectivity index (χ2n) is 4.93. The van der Waals surface area contributed by atoms with E-state index in [-0.39, 0.29) is 5.91 Å². The van der Waals surface area contributed by atoms with Crippen LogP contribution in [0.5, 0.6) is 5.75 Å². The van der Waals surface area contributed by atoms with Crippen LogP contribution in [0.3, 0.4) is 0 Å². The van der Waals surface area contributed by atoms with Gasteiger partial charge in [0.05, 0.1) is 13.2 Å². The van der Waals surface area contributed by atoms with Gasteiger partial charge in [0.1, 0.15) is 5.75 Å². The summed E-state index contributed by atoms with van der Waals surface area (Å²) in [6.07, 6.45) is 2.52. The van der Waals surface area contributed by atoms with E-state index in [1.165, 1.54) is 12.8 Å². The molecule has 1 aliphatic carbocycles. The van der Waals surface area contributed by atoms with Crippen LogP contribution in [0.15, 0.2) is 24.3 Å². The number of carbonyl (C=O) groups is 1. The molecule has 0 atom stereocenters. The molecule has 0 unspecified atom stereocenters. The molecule has 0 saturated heterocycles. The van der Waals surface area contributed by atoms with E-state index < -0.39 is 0 Å². The highest BCUT2D eigenvalue weighted by atomic mass is 16.5. The third-order valence-electron chi connectivity index (χ3n) is 3.11. The average molecular weight is 262 g/mol. The predicted molar refractivity (Wildman–Crippen MR) is 75.1 cm³/mol. The van der Waals surface area contributed by atoms with Crippen molar-refractivity contribution in [2.45, 2.75) is 26.3 Å². The summed E-state index contributed by atoms with van der Waals surface area (Å²) in [5.41, 5.74) is 1.13. The summed E-state index contributed by atoms with van der Waals surface area (Å²) in [6.45, 7) is 4.51. The summed E-state index contributed by atoms with van der Waals surface area (Å²) in [6, 6.07) is 7.93. The van der Waals surface area contributed by atoms with Crippen molar-refractivity contribution in [2.24, 2.45) is 5.92 Å². The molecule has 0 radical (unpaired) electrons. The Morgan fingerprint density at radius 1 is 1.42 bits per heavy atom. The molecular weight excluding hydrogens is 240 g/mol. The van der Waals surface area contributed by atoms with Gasteiger partial charge in [0, 0.05) is 13.1 Å². The predicted octanol–water partition coefficient (Wildman–Crippen LogP) is 1.70. The Morgan fingerprint density at radius 2 is 2.26 bits per heavy atom. The lowest BCUT2D eigenvalue weighted by molar-refractivity contribution is -0.120. The van der Waals surface area contributed by atoms with Gasteiger partial charge in [-0.1, -0.05) is 12.1 Å². The maximum Gasteiger partial charge on any atom is 0.233 e. The number of ether oxygens (including phenoxy) is 1. The first-order valence-electron chi connectivity index (χ1n) is 6.97. The molecule has 1 amide bonds. The maximum absolute atomic E-state index is 11.5. The number of amides is 1. The van der Waals surface area contributed by atoms with Gasteiger partial charge in [-0.2, -0.15) is 0 Å². The molecule has 2 rings (SSSR count). The summed E-state index contributed by atoms with van der Waals surface area (Å²) in [4.78, 5) is 11.5. The Kier molecular flexibility index (Phi) is 5.21. The van der Waals surface area contributed by atoms with Crippen LogP contribution < -0.4 is 15.4 Å². The molecular formula is C15H22N2O2. The zero-order valence-corrected chi connectivity index (χ0v) is 11.4. The number of carbonyl (C=O) groups excluding carboxylic acids is 1. The lowest BCUT2D eigenvalue weighted by Crippen LogP contribution is -2.34. The number of rotatable bonds is 8. The Morgan fingerprint density at radius 3 is 3.00 bits per heavy atom. The summed E-state index contributed by atoms with van der Waals surface area (Å²) in [5, 5.41) is 6.08. The molecule has 1 aromatic rings. The number of hydrogen-bond acceptors (Lipinski definition) is 3. The Bertz CT molecular complexity index is 416. The Balaban J connectivity index is 1.66. The smallest absolute Gasteiger partial charge is 0.233 e. The Hall–Kier alpha value is -1.55. The van der Waals surface area contributed by atoms with E-state index in [0.29, 0.717) is 19.7 Å². The number of benzene rings is 1. The van der Waals surface area contributed by atoms with Crippen molar-refractivity contribution in [2.75, 3.05) is 19.7 Å². The summed E-state index contributed by atoms with van der Waals surface area (Å²) in [5.74, 6) is 1.68. The van der Waals surface area contributed by atoms with Crippen LogP contribution in [0, 0.1) is 5.92 Å². The van der Waals surface area contributed by atoms with Gasteiger partial charge in [0.25, 0.3) is 0 Å². The van der Waals surface area contributed by atoms with Crippen molar-refractivity contribution < 1.29 is 9.53 Å². The van der Waals surface area contributed by atoms with Gasteiger partial charge in [0.15, 0.2) is 0 Å². The highest BCUT2D eigenvalue weighted by Gasteiger charge is 2.21. The molecule has 1 saturated carbocycles. The van der Waals surface area contributed by atoms with Gasteiger partial charge >= 0.3 is 0 Å². The van der Waals surface area contributed by atoms with Gasteiger partial charge in [0.2, 0.25) is 5.91 Å². The fourth-order valence-electron chi connectivity index (χ4n) is 1.87. The molecule has 0 spiro atoms. The molecule has 0 heterocycles. The molecule has 2 N–H and O–H groups in total. The largest absolute Gasteiger partial charge is 0.494 e. The maximum atomic E-state index is 11.5. The van der Waals surface area contributed by atoms with Gasteiger partial charge in [-0.25, -0.2) is 0 Å². The molecule has 0 bridgehead atoms. The molecule has 4 nitrogen and oxygen atoms in total. The first-order chi connectivity index (χ1) is 9.28. The van der Waals surface area contributed by atoms with E-state index in [0.717, 1.165) is 23.8 Å². The van der Waals surface area contributed by atoms with E-state index >= 15 is 0 Å². The SMILES string of the molecule is CCOc1cccc(CNCC(=O)NCC2CC2)c1. The van der Waals surface area contributed by atoms with E-state index in [9.17, 15) is 4.79 Å². The fourth-order valence-corrected chi connectivity index (χ4v) is 1.87. The molecule has 104 valence electrons. The normalized spacial score (nSPS) is 14.2. The van der Waals surface area contributed by atoms with Gasteiger partial charge in [-0.15, -0.1) is 0 Å². The van der Waals surface area contributed by atoms with Crippen LogP contribution in [0.25, 0.3) is 0 Å². The van der Waals surface area contributed by atoms with E-state index in [2.05, 4.69) is 10.6 Å². The van der Waals surface area contributed by atoms with E-state index in [1.807, 2.05) is 31.2 Å². The van der Waals surface area contributed by atoms with Crippen molar-refractivity contribution in [3.63, 3.8) is 0 Å². The summed E-state index contributed by atoms with van der Waals surface area (Å²) >= 11 is 0. The minimum absolute atomic E-state index is 0.0767. The van der Waals surface area contributed by atoms with Crippen LogP contribution in [0.4, 0.5) is 0 Å². The van der Waals surface area contributed by atoms with Crippen molar-refractivity contribution in [3.05, 3.63) is 29.8 Å². The minimum Gasteiger partial charge on any atom is -0.494 e. The molecule has 1 fully saturated rings. The first kappa shape index (κ1) is 13.9. The molecule has 0 aromatic heterocycles. The zero-order chi connectivity index (χ0) is 13.5. The van der Waals surface area contributed by atoms with Crippen LogP contribution >= 0.6 is 0 Å². The van der Waals surface area contributed by atoms with E-state index in [4.69, 9.17) is 4.74 Å². The fraction of sp³-hybridized carbons (Fsp3) is 0.533. The Labute approximate surface area is 114 Å². The minimum atomic E-state index is 0.0767. The zero-order valence-electron chi connectivity index (χ0n) is 11.4. The van der Waals surface area contributed by atoms with E-state index in [1.54, 1.807) is 0 Å². The van der Waals surface area contributed by atoms with Crippen molar-refractivity contribution in [1.82, 2.24) is 10.6 Å². The van der Waals surface area contributed by atoms with Crippen molar-refractivity contribution in [3.8, 4) is 5.75 Å². The summed E-state index contributed by atoms with van der Waals surface area (Å²) < 4.78 is 5.44. The molecule has 19 heavy (non-hydrogen) atoms. The molecule has 4 heteroatoms. The third kappa shape index (κ3) is 5.30. The van der Waals surface area contributed by atoms with Crippen LogP contribution in [-0.4, -0.2) is 25.6 Å². The van der Waals surface area contributed by atoms with Crippen molar-refractivity contribution in [1.29, 1.82) is 0 Å². The number of nitrogens with one attached hydrogen (secondary N) is 2. The van der Waals surface area contributed by atoms with Crippen LogP contribution in [0.2, 0.25) is 0 Å². The topological polar surface area (TPSA) is 50.4 Å². The lowest BCUT2D eigenvalue weighted by Gasteiger charge is -2.08. The molecule has 1 aliphatic rings. The second kappa shape index (κ2) is 7.14. The first-order valence-corrected chi connectivity index (χ1v) is 6.97. The number of hydrogen-bond donors (Lipinski definition) is 2. The van der Waals surface area contributed by atoms with Crippen molar-refractivity contribution >= 4 is 5.91 Å². The quantitative estimate of drug-likeness (QED) is 0.750. The standard InChI is InChI=1S/C15H22N2O2/c1-2-19-14-5-3-4-13(8-14)9-16-11-15(18)17-10-12-6-7-12/h3-5,8,12,16H,2,6-7,9-11H2,1H3,(H,17,18). The van der Waals surface area contributed by atoms with Gasteiger partial charge in [-0.3, -0.25) is 4.79 Å². The highest BCUT2D eigenvalue weighted by molar-refractivity contribution is 5.77. The summed E-state index contributed by atoms with van der Waals surface area (Å²) in [7, 11) is 0. The molecule has 0 aliphatic heterocycles. The lowest BCUT2D eigenvalue weighted by atomic mass is 10.2. The van der Waals surface area contributed by atoms with Gasteiger partial charge < -0.3 is 15.4 Å². The average Bonchev–Trinajstić information content (AvgIpc) is 3.21. The monoisotopic (exact) mass is 262 g/mol. The third-order valence-corrected chi connectivity index (χ3v) is 3.11. The van der Waals surface area contributed by atoms with Crippen LogP contribution in [0.1, 0.15) is 25.3 Å². The second-order valence-corrected chi connectivity index (χ2v) is 4.93. The van der Waals surface area contributed by atoms with Gasteiger partial charge in [-0.05, 0) is 43.4 Å². The van der Waals surface area contributed by atoms with Crippen LogP contribution in [-0.2, 0) is 11.3 Å².